The average Bonchev–Trinajstić information content (AvgIpc) is 2.71. The Morgan fingerprint density at radius 1 is 1.26 bits per heavy atom. The lowest BCUT2D eigenvalue weighted by Crippen LogP contribution is -2.46. The van der Waals surface area contributed by atoms with Gasteiger partial charge in [0, 0.05) is 37.9 Å². The number of ether oxygens (including phenoxy) is 1. The van der Waals surface area contributed by atoms with Crippen LogP contribution in [0.4, 0.5) is 4.79 Å². The quantitative estimate of drug-likeness (QED) is 0.826. The molecule has 1 N–H and O–H groups in total. The fourth-order valence-electron chi connectivity index (χ4n) is 3.20. The second-order valence-electron chi connectivity index (χ2n) is 6.55. The molecule has 1 aromatic heterocycles. The molecule has 1 aromatic carbocycles. The molecule has 1 saturated heterocycles. The second-order valence-corrected chi connectivity index (χ2v) is 6.96. The average molecular weight is 389 g/mol. The van der Waals surface area contributed by atoms with E-state index in [4.69, 9.17) is 16.3 Å². The number of rotatable bonds is 6. The van der Waals surface area contributed by atoms with Crippen LogP contribution >= 0.6 is 11.6 Å². The van der Waals surface area contributed by atoms with E-state index < -0.39 is 0 Å². The van der Waals surface area contributed by atoms with E-state index in [1.807, 2.05) is 42.5 Å². The van der Waals surface area contributed by atoms with E-state index in [9.17, 15) is 4.79 Å². The number of urea groups is 1. The Morgan fingerprint density at radius 2 is 2.00 bits per heavy atom. The van der Waals surface area contributed by atoms with E-state index >= 15 is 0 Å². The highest BCUT2D eigenvalue weighted by atomic mass is 35.5. The van der Waals surface area contributed by atoms with Crippen LogP contribution in [-0.2, 0) is 11.3 Å². The molecule has 1 atom stereocenters. The Hall–Kier alpha value is -2.15. The smallest absolute Gasteiger partial charge is 0.317 e. The van der Waals surface area contributed by atoms with Gasteiger partial charge >= 0.3 is 6.03 Å². The monoisotopic (exact) mass is 388 g/mol. The van der Waals surface area contributed by atoms with Crippen molar-refractivity contribution in [2.75, 3.05) is 39.9 Å². The maximum Gasteiger partial charge on any atom is 0.317 e. The number of pyridine rings is 1. The molecule has 1 fully saturated rings. The van der Waals surface area contributed by atoms with E-state index in [0.29, 0.717) is 31.3 Å². The molecule has 1 aliphatic heterocycles. The van der Waals surface area contributed by atoms with Crippen molar-refractivity contribution in [3.8, 4) is 0 Å². The lowest BCUT2D eigenvalue weighted by atomic mass is 10.0. The highest BCUT2D eigenvalue weighted by Gasteiger charge is 2.25. The molecule has 144 valence electrons. The van der Waals surface area contributed by atoms with Crippen LogP contribution in [0.1, 0.15) is 17.3 Å². The van der Waals surface area contributed by atoms with Gasteiger partial charge in [-0.15, -0.1) is 0 Å². The summed E-state index contributed by atoms with van der Waals surface area (Å²) in [5.41, 5.74) is 1.87. The first kappa shape index (κ1) is 19.6. The van der Waals surface area contributed by atoms with Gasteiger partial charge in [-0.2, -0.15) is 0 Å². The molecule has 0 bridgehead atoms. The zero-order valence-corrected chi connectivity index (χ0v) is 16.2. The number of hydrogen-bond donors (Lipinski definition) is 1. The zero-order chi connectivity index (χ0) is 19.1. The van der Waals surface area contributed by atoms with Gasteiger partial charge in [-0.05, 0) is 23.8 Å². The molecule has 2 aromatic rings. The molecule has 3 rings (SSSR count). The van der Waals surface area contributed by atoms with Crippen LogP contribution in [0.15, 0.2) is 48.7 Å². The van der Waals surface area contributed by atoms with Gasteiger partial charge in [-0.3, -0.25) is 9.88 Å². The first-order chi connectivity index (χ1) is 13.1. The number of carbonyl (C=O) groups excluding carboxylic acids is 1. The molecular formula is C20H25ClN4O2. The van der Waals surface area contributed by atoms with Crippen LogP contribution in [0.25, 0.3) is 0 Å². The van der Waals surface area contributed by atoms with Crippen LogP contribution in [0.3, 0.4) is 0 Å². The topological polar surface area (TPSA) is 57.7 Å². The van der Waals surface area contributed by atoms with Gasteiger partial charge in [0.25, 0.3) is 0 Å². The molecule has 1 unspecified atom stereocenters. The maximum absolute atomic E-state index is 12.6. The molecule has 0 aliphatic carbocycles. The van der Waals surface area contributed by atoms with Gasteiger partial charge in [-0.1, -0.05) is 35.9 Å². The number of nitrogens with zero attached hydrogens (tertiary/aromatic N) is 3. The number of hydrogen-bond acceptors (Lipinski definition) is 4. The van der Waals surface area contributed by atoms with Crippen molar-refractivity contribution in [2.24, 2.45) is 0 Å². The molecule has 2 amide bonds. The van der Waals surface area contributed by atoms with Crippen molar-refractivity contribution >= 4 is 17.6 Å². The first-order valence-electron chi connectivity index (χ1n) is 9.10. The Kier molecular flexibility index (Phi) is 7.04. The van der Waals surface area contributed by atoms with Crippen molar-refractivity contribution in [1.82, 2.24) is 20.1 Å². The lowest BCUT2D eigenvalue weighted by Gasteiger charge is -2.35. The summed E-state index contributed by atoms with van der Waals surface area (Å²) in [4.78, 5) is 20.8. The van der Waals surface area contributed by atoms with Crippen LogP contribution < -0.4 is 5.32 Å². The Bertz CT molecular complexity index is 738. The molecule has 1 aliphatic rings. The summed E-state index contributed by atoms with van der Waals surface area (Å²) < 4.78 is 5.47. The predicted octanol–water partition coefficient (Wildman–Crippen LogP) is 2.95. The number of amides is 2. The van der Waals surface area contributed by atoms with E-state index in [2.05, 4.69) is 15.2 Å². The van der Waals surface area contributed by atoms with E-state index in [0.717, 1.165) is 24.3 Å². The molecular weight excluding hydrogens is 364 g/mol. The van der Waals surface area contributed by atoms with Gasteiger partial charge in [0.05, 0.1) is 31.5 Å². The number of nitrogens with one attached hydrogen (secondary N) is 1. The molecule has 6 nitrogen and oxygen atoms in total. The maximum atomic E-state index is 12.6. The fraction of sp³-hybridized carbons (Fsp3) is 0.400. The molecule has 2 heterocycles. The second kappa shape index (κ2) is 9.69. The minimum atomic E-state index is -0.133. The zero-order valence-electron chi connectivity index (χ0n) is 15.5. The van der Waals surface area contributed by atoms with Crippen molar-refractivity contribution in [3.05, 3.63) is 64.9 Å². The van der Waals surface area contributed by atoms with Crippen molar-refractivity contribution in [2.45, 2.75) is 12.6 Å². The molecule has 0 saturated carbocycles. The predicted molar refractivity (Wildman–Crippen MR) is 106 cm³/mol. The summed E-state index contributed by atoms with van der Waals surface area (Å²) in [7, 11) is 1.77. The van der Waals surface area contributed by atoms with Gasteiger partial charge in [-0.25, -0.2) is 4.79 Å². The summed E-state index contributed by atoms with van der Waals surface area (Å²) in [5.74, 6) is 0. The Morgan fingerprint density at radius 3 is 2.70 bits per heavy atom. The number of morpholine rings is 1. The summed E-state index contributed by atoms with van der Waals surface area (Å²) in [6.07, 6.45) is 1.73. The third-order valence-corrected chi connectivity index (χ3v) is 5.01. The number of carbonyl (C=O) groups is 1. The summed E-state index contributed by atoms with van der Waals surface area (Å²) in [6, 6.07) is 13.4. The standard InChI is InChI=1S/C20H25ClN4O2/c1-24(15-16-6-4-5-9-22-16)20(26)23-14-19(25-10-12-27-13-11-25)17-7-2-3-8-18(17)21/h2-9,19H,10-15H2,1H3,(H,23,26). The van der Waals surface area contributed by atoms with Crippen molar-refractivity contribution < 1.29 is 9.53 Å². The van der Waals surface area contributed by atoms with Gasteiger partial charge < -0.3 is 15.0 Å². The van der Waals surface area contributed by atoms with Gasteiger partial charge in [0.1, 0.15) is 0 Å². The van der Waals surface area contributed by atoms with E-state index in [1.54, 1.807) is 18.1 Å². The fourth-order valence-corrected chi connectivity index (χ4v) is 3.46. The third kappa shape index (κ3) is 5.42. The van der Waals surface area contributed by atoms with Crippen LogP contribution in [-0.4, -0.2) is 60.7 Å². The molecule has 0 spiro atoms. The van der Waals surface area contributed by atoms with Crippen LogP contribution in [0.2, 0.25) is 5.02 Å². The number of benzene rings is 1. The SMILES string of the molecule is CN(Cc1ccccn1)C(=O)NCC(c1ccccc1Cl)N1CCOCC1. The normalized spacial score (nSPS) is 15.9. The highest BCUT2D eigenvalue weighted by Crippen LogP contribution is 2.27. The molecule has 7 heteroatoms. The highest BCUT2D eigenvalue weighted by molar-refractivity contribution is 6.31. The Balaban J connectivity index is 1.65. The summed E-state index contributed by atoms with van der Waals surface area (Å²) in [5, 5.41) is 3.76. The van der Waals surface area contributed by atoms with Crippen molar-refractivity contribution in [1.29, 1.82) is 0 Å². The van der Waals surface area contributed by atoms with Gasteiger partial charge in [0.2, 0.25) is 0 Å². The number of aromatic nitrogens is 1. The van der Waals surface area contributed by atoms with Gasteiger partial charge in [0.15, 0.2) is 0 Å². The molecule has 0 radical (unpaired) electrons. The summed E-state index contributed by atoms with van der Waals surface area (Å²) >= 11 is 6.43. The minimum absolute atomic E-state index is 0.00907. The lowest BCUT2D eigenvalue weighted by molar-refractivity contribution is 0.0165. The largest absolute Gasteiger partial charge is 0.379 e. The van der Waals surface area contributed by atoms with E-state index in [1.165, 1.54) is 0 Å². The Labute approximate surface area is 165 Å². The van der Waals surface area contributed by atoms with Crippen LogP contribution in [0, 0.1) is 0 Å². The number of halogens is 1. The first-order valence-corrected chi connectivity index (χ1v) is 9.48. The minimum Gasteiger partial charge on any atom is -0.379 e. The third-order valence-electron chi connectivity index (χ3n) is 4.67. The van der Waals surface area contributed by atoms with Crippen LogP contribution in [0.5, 0.6) is 0 Å². The molecule has 27 heavy (non-hydrogen) atoms. The summed E-state index contributed by atoms with van der Waals surface area (Å²) in [6.45, 7) is 3.95. The van der Waals surface area contributed by atoms with Crippen molar-refractivity contribution in [3.63, 3.8) is 0 Å². The van der Waals surface area contributed by atoms with E-state index in [-0.39, 0.29) is 12.1 Å².